The number of likely N-dealkylation sites (tertiary alicyclic amines) is 1. The quantitative estimate of drug-likeness (QED) is 0.890. The third kappa shape index (κ3) is 3.99. The van der Waals surface area contributed by atoms with Gasteiger partial charge in [0.05, 0.1) is 12.2 Å². The van der Waals surface area contributed by atoms with Crippen molar-refractivity contribution in [2.45, 2.75) is 31.8 Å². The van der Waals surface area contributed by atoms with Crippen LogP contribution in [0.1, 0.15) is 23.4 Å². The number of nitrogens with one attached hydrogen (secondary N) is 1. The molecule has 1 aromatic carbocycles. The summed E-state index contributed by atoms with van der Waals surface area (Å²) in [6.45, 7) is 1.79. The van der Waals surface area contributed by atoms with Crippen LogP contribution in [0.4, 0.5) is 9.52 Å². The number of benzene rings is 1. The van der Waals surface area contributed by atoms with Gasteiger partial charge < -0.3 is 10.1 Å². The molecule has 1 atom stereocenters. The molecule has 5 nitrogen and oxygen atoms in total. The summed E-state index contributed by atoms with van der Waals surface area (Å²) in [7, 11) is 0. The highest BCUT2D eigenvalue weighted by atomic mass is 32.1. The Kier molecular flexibility index (Phi) is 4.67. The van der Waals surface area contributed by atoms with Gasteiger partial charge in [-0.3, -0.25) is 9.69 Å². The number of rotatable bonds is 5. The largest absolute Gasteiger partial charge is 0.489 e. The number of hydrogen-bond acceptors (Lipinski definition) is 5. The predicted molar refractivity (Wildman–Crippen MR) is 94.6 cm³/mol. The van der Waals surface area contributed by atoms with E-state index in [1.807, 2.05) is 0 Å². The summed E-state index contributed by atoms with van der Waals surface area (Å²) >= 11 is 1.59. The first-order valence-corrected chi connectivity index (χ1v) is 9.40. The van der Waals surface area contributed by atoms with Gasteiger partial charge in [-0.05, 0) is 37.8 Å². The third-order valence-corrected chi connectivity index (χ3v) is 5.61. The minimum Gasteiger partial charge on any atom is -0.489 e. The molecule has 0 bridgehead atoms. The van der Waals surface area contributed by atoms with Gasteiger partial charge in [0.2, 0.25) is 5.91 Å². The van der Waals surface area contributed by atoms with E-state index < -0.39 is 0 Å². The van der Waals surface area contributed by atoms with Crippen LogP contribution in [-0.2, 0) is 17.6 Å². The Morgan fingerprint density at radius 1 is 1.44 bits per heavy atom. The Morgan fingerprint density at radius 2 is 2.36 bits per heavy atom. The summed E-state index contributed by atoms with van der Waals surface area (Å²) in [5, 5.41) is 3.62. The summed E-state index contributed by atoms with van der Waals surface area (Å²) in [5.74, 6) is 0.189. The van der Waals surface area contributed by atoms with Crippen LogP contribution < -0.4 is 10.1 Å². The standard InChI is InChI=1S/C18H20FN3O2S/c19-12-3-1-4-13(9-12)24-14-7-8-22(10-14)11-17(23)21-18-20-15-5-2-6-16(15)25-18/h1,3-4,9,14H,2,5-8,10-11H2,(H,20,21,23). The number of anilines is 1. The van der Waals surface area contributed by atoms with E-state index in [4.69, 9.17) is 4.74 Å². The molecule has 0 saturated carbocycles. The minimum absolute atomic E-state index is 0.0155. The predicted octanol–water partition coefficient (Wildman–Crippen LogP) is 2.86. The molecule has 1 aromatic heterocycles. The molecule has 25 heavy (non-hydrogen) atoms. The smallest absolute Gasteiger partial charge is 0.240 e. The van der Waals surface area contributed by atoms with E-state index in [1.165, 1.54) is 23.4 Å². The average Bonchev–Trinajstić information content (AvgIpc) is 3.24. The zero-order valence-electron chi connectivity index (χ0n) is 13.8. The van der Waals surface area contributed by atoms with Crippen LogP contribution in [0.2, 0.25) is 0 Å². The van der Waals surface area contributed by atoms with Gasteiger partial charge in [-0.1, -0.05) is 6.07 Å². The highest BCUT2D eigenvalue weighted by Gasteiger charge is 2.26. The first-order valence-electron chi connectivity index (χ1n) is 8.59. The molecule has 2 aromatic rings. The van der Waals surface area contributed by atoms with Crippen molar-refractivity contribution in [2.75, 3.05) is 25.0 Å². The molecule has 1 amide bonds. The zero-order valence-corrected chi connectivity index (χ0v) is 14.7. The first kappa shape index (κ1) is 16.5. The summed E-state index contributed by atoms with van der Waals surface area (Å²) in [6.07, 6.45) is 4.08. The van der Waals surface area contributed by atoms with Gasteiger partial charge in [-0.2, -0.15) is 0 Å². The first-order chi connectivity index (χ1) is 12.2. The van der Waals surface area contributed by atoms with Crippen LogP contribution in [0.25, 0.3) is 0 Å². The lowest BCUT2D eigenvalue weighted by atomic mass is 10.3. The van der Waals surface area contributed by atoms with Gasteiger partial charge in [0.1, 0.15) is 17.7 Å². The SMILES string of the molecule is O=C(CN1CCC(Oc2cccc(F)c2)C1)Nc1nc2c(s1)CCC2. The molecule has 1 N–H and O–H groups in total. The molecule has 1 unspecified atom stereocenters. The fourth-order valence-electron chi connectivity index (χ4n) is 3.38. The topological polar surface area (TPSA) is 54.5 Å². The summed E-state index contributed by atoms with van der Waals surface area (Å²) < 4.78 is 19.0. The lowest BCUT2D eigenvalue weighted by molar-refractivity contribution is -0.117. The fraction of sp³-hybridized carbons (Fsp3) is 0.444. The van der Waals surface area contributed by atoms with Crippen LogP contribution in [-0.4, -0.2) is 41.5 Å². The summed E-state index contributed by atoms with van der Waals surface area (Å²) in [4.78, 5) is 20.1. The number of aromatic nitrogens is 1. The Hall–Kier alpha value is -1.99. The highest BCUT2D eigenvalue weighted by molar-refractivity contribution is 7.15. The van der Waals surface area contributed by atoms with Crippen LogP contribution in [0, 0.1) is 5.82 Å². The van der Waals surface area contributed by atoms with E-state index in [2.05, 4.69) is 15.2 Å². The maximum Gasteiger partial charge on any atom is 0.240 e. The van der Waals surface area contributed by atoms with E-state index in [-0.39, 0.29) is 17.8 Å². The number of thiazole rings is 1. The normalized spacial score (nSPS) is 19.8. The van der Waals surface area contributed by atoms with Crippen molar-refractivity contribution < 1.29 is 13.9 Å². The van der Waals surface area contributed by atoms with E-state index in [0.717, 1.165) is 31.5 Å². The van der Waals surface area contributed by atoms with E-state index >= 15 is 0 Å². The van der Waals surface area contributed by atoms with Gasteiger partial charge in [-0.15, -0.1) is 11.3 Å². The second kappa shape index (κ2) is 7.09. The molecule has 1 saturated heterocycles. The second-order valence-corrected chi connectivity index (χ2v) is 7.60. The number of ether oxygens (including phenoxy) is 1. The Bertz CT molecular complexity index is 758. The van der Waals surface area contributed by atoms with Crippen molar-refractivity contribution in [2.24, 2.45) is 0 Å². The lowest BCUT2D eigenvalue weighted by Gasteiger charge is -2.16. The maximum atomic E-state index is 13.2. The molecule has 2 aliphatic rings. The molecule has 7 heteroatoms. The van der Waals surface area contributed by atoms with Crippen molar-refractivity contribution in [3.63, 3.8) is 0 Å². The van der Waals surface area contributed by atoms with Gasteiger partial charge in [-0.25, -0.2) is 9.37 Å². The summed E-state index contributed by atoms with van der Waals surface area (Å²) in [6, 6.07) is 6.17. The average molecular weight is 361 g/mol. The minimum atomic E-state index is -0.304. The van der Waals surface area contributed by atoms with Crippen molar-refractivity contribution in [3.05, 3.63) is 40.7 Å². The maximum absolute atomic E-state index is 13.2. The van der Waals surface area contributed by atoms with Crippen LogP contribution in [0.15, 0.2) is 24.3 Å². The number of halogens is 1. The van der Waals surface area contributed by atoms with Crippen LogP contribution in [0.3, 0.4) is 0 Å². The number of aryl methyl sites for hydroxylation is 2. The summed E-state index contributed by atoms with van der Waals surface area (Å²) in [5.41, 5.74) is 1.14. The molecular weight excluding hydrogens is 341 g/mol. The molecule has 4 rings (SSSR count). The monoisotopic (exact) mass is 361 g/mol. The number of hydrogen-bond donors (Lipinski definition) is 1. The molecule has 132 valence electrons. The van der Waals surface area contributed by atoms with E-state index in [9.17, 15) is 9.18 Å². The van der Waals surface area contributed by atoms with Gasteiger partial charge in [0, 0.05) is 24.0 Å². The number of fused-ring (bicyclic) bond motifs is 1. The lowest BCUT2D eigenvalue weighted by Crippen LogP contribution is -2.33. The molecule has 2 heterocycles. The number of carbonyl (C=O) groups is 1. The third-order valence-electron chi connectivity index (χ3n) is 4.54. The van der Waals surface area contributed by atoms with E-state index in [1.54, 1.807) is 23.5 Å². The fourth-order valence-corrected chi connectivity index (χ4v) is 4.44. The second-order valence-electron chi connectivity index (χ2n) is 6.51. The van der Waals surface area contributed by atoms with Gasteiger partial charge >= 0.3 is 0 Å². The number of carbonyl (C=O) groups excluding carboxylic acids is 1. The molecule has 1 aliphatic heterocycles. The van der Waals surface area contributed by atoms with Crippen molar-refractivity contribution in [1.82, 2.24) is 9.88 Å². The van der Waals surface area contributed by atoms with Gasteiger partial charge in [0.15, 0.2) is 5.13 Å². The van der Waals surface area contributed by atoms with Crippen LogP contribution in [0.5, 0.6) is 5.75 Å². The molecular formula is C18H20FN3O2S. The highest BCUT2D eigenvalue weighted by Crippen LogP contribution is 2.30. The molecule has 0 radical (unpaired) electrons. The number of nitrogens with zero attached hydrogens (tertiary/aromatic N) is 2. The number of amides is 1. The Morgan fingerprint density at radius 3 is 3.20 bits per heavy atom. The van der Waals surface area contributed by atoms with Crippen molar-refractivity contribution in [1.29, 1.82) is 0 Å². The zero-order chi connectivity index (χ0) is 17.2. The molecule has 0 spiro atoms. The Labute approximate surface area is 149 Å². The Balaban J connectivity index is 1.26. The van der Waals surface area contributed by atoms with Crippen molar-refractivity contribution in [3.8, 4) is 5.75 Å². The van der Waals surface area contributed by atoms with E-state index in [0.29, 0.717) is 24.0 Å². The molecule has 1 aliphatic carbocycles. The van der Waals surface area contributed by atoms with Crippen LogP contribution >= 0.6 is 11.3 Å². The molecule has 1 fully saturated rings. The van der Waals surface area contributed by atoms with Gasteiger partial charge in [0.25, 0.3) is 0 Å². The van der Waals surface area contributed by atoms with Crippen molar-refractivity contribution >= 4 is 22.4 Å².